The molecule has 2 aromatic heterocycles. The Morgan fingerprint density at radius 2 is 1.57 bits per heavy atom. The second-order valence-electron chi connectivity index (χ2n) is 8.94. The summed E-state index contributed by atoms with van der Waals surface area (Å²) in [4.78, 5) is 9.83. The van der Waals surface area contributed by atoms with Crippen LogP contribution in [-0.4, -0.2) is 50.8 Å². The molecule has 0 saturated carbocycles. The monoisotopic (exact) mass is 490 g/mol. The molecule has 2 aromatic carbocycles. The molecule has 1 aliphatic rings. The van der Waals surface area contributed by atoms with Gasteiger partial charge in [0.25, 0.3) is 10.1 Å². The first-order valence-corrected chi connectivity index (χ1v) is 13.3. The molecule has 0 aliphatic carbocycles. The van der Waals surface area contributed by atoms with Gasteiger partial charge in [-0.25, -0.2) is 4.98 Å². The summed E-state index contributed by atoms with van der Waals surface area (Å²) in [6.07, 6.45) is 1.93. The molecule has 4 aromatic rings. The van der Waals surface area contributed by atoms with Crippen LogP contribution < -0.4 is 9.80 Å². The normalized spacial score (nSPS) is 14.6. The summed E-state index contributed by atoms with van der Waals surface area (Å²) in [5.74, 6) is 0.940. The van der Waals surface area contributed by atoms with Crippen LogP contribution in [0, 0.1) is 13.8 Å². The Bertz CT molecular complexity index is 1420. The smallest absolute Gasteiger partial charge is 0.297 e. The zero-order valence-electron chi connectivity index (χ0n) is 20.1. The van der Waals surface area contributed by atoms with Crippen molar-refractivity contribution >= 4 is 32.7 Å². The molecule has 1 fully saturated rings. The molecule has 7 nitrogen and oxygen atoms in total. The minimum Gasteiger partial charge on any atom is -0.368 e. The van der Waals surface area contributed by atoms with E-state index in [9.17, 15) is 8.42 Å². The predicted molar refractivity (Wildman–Crippen MR) is 140 cm³/mol. The highest BCUT2D eigenvalue weighted by molar-refractivity contribution is 7.86. The number of anilines is 2. The van der Waals surface area contributed by atoms with Crippen molar-refractivity contribution in [2.75, 3.05) is 42.6 Å². The second kappa shape index (κ2) is 9.71. The standard InChI is InChI=1S/C27H30N4O3S/c1-21-7-10-24(11-8-21)35(32,33)34-20-19-31-14-13-23-9-12-26(28-27(23)31)30-17-15-29(16-18-30)25-6-4-3-5-22(25)2/h3-14H,15-20H2,1-2H3. The molecule has 0 N–H and O–H groups in total. The zero-order valence-corrected chi connectivity index (χ0v) is 20.9. The number of pyridine rings is 1. The van der Waals surface area contributed by atoms with Crippen LogP contribution in [0.25, 0.3) is 11.0 Å². The lowest BCUT2D eigenvalue weighted by Gasteiger charge is -2.37. The largest absolute Gasteiger partial charge is 0.368 e. The number of rotatable bonds is 7. The van der Waals surface area contributed by atoms with Gasteiger partial charge in [0, 0.05) is 50.0 Å². The third kappa shape index (κ3) is 5.04. The number of aryl methyl sites for hydroxylation is 2. The van der Waals surface area contributed by atoms with Crippen molar-refractivity contribution in [2.24, 2.45) is 0 Å². The number of hydrogen-bond donors (Lipinski definition) is 0. The summed E-state index contributed by atoms with van der Waals surface area (Å²) in [7, 11) is -3.79. The fourth-order valence-electron chi connectivity index (χ4n) is 4.52. The summed E-state index contributed by atoms with van der Waals surface area (Å²) in [6.45, 7) is 8.18. The van der Waals surface area contributed by atoms with Crippen molar-refractivity contribution in [2.45, 2.75) is 25.3 Å². The Morgan fingerprint density at radius 3 is 2.31 bits per heavy atom. The number of aromatic nitrogens is 2. The average Bonchev–Trinajstić information content (AvgIpc) is 3.27. The minimum atomic E-state index is -3.79. The molecule has 5 rings (SSSR count). The molecule has 0 bridgehead atoms. The van der Waals surface area contributed by atoms with E-state index in [2.05, 4.69) is 53.1 Å². The lowest BCUT2D eigenvalue weighted by molar-refractivity contribution is 0.302. The number of nitrogens with zero attached hydrogens (tertiary/aromatic N) is 4. The van der Waals surface area contributed by atoms with E-state index in [1.807, 2.05) is 23.8 Å². The second-order valence-corrected chi connectivity index (χ2v) is 10.6. The van der Waals surface area contributed by atoms with Gasteiger partial charge in [0.1, 0.15) is 11.5 Å². The number of fused-ring (bicyclic) bond motifs is 1. The van der Waals surface area contributed by atoms with Crippen LogP contribution in [0.2, 0.25) is 0 Å². The molecule has 3 heterocycles. The Morgan fingerprint density at radius 1 is 0.857 bits per heavy atom. The SMILES string of the molecule is Cc1ccc(S(=O)(=O)OCCn2ccc3ccc(N4CCN(c5ccccc5C)CC4)nc32)cc1. The van der Waals surface area contributed by atoms with Crippen LogP contribution in [0.15, 0.2) is 77.8 Å². The van der Waals surface area contributed by atoms with Gasteiger partial charge >= 0.3 is 0 Å². The van der Waals surface area contributed by atoms with Crippen LogP contribution in [0.3, 0.4) is 0 Å². The molecule has 0 atom stereocenters. The Balaban J connectivity index is 1.24. The first kappa shape index (κ1) is 23.4. The lowest BCUT2D eigenvalue weighted by atomic mass is 10.1. The van der Waals surface area contributed by atoms with Crippen molar-refractivity contribution in [3.63, 3.8) is 0 Å². The third-order valence-electron chi connectivity index (χ3n) is 6.54. The van der Waals surface area contributed by atoms with E-state index in [1.54, 1.807) is 24.3 Å². The van der Waals surface area contributed by atoms with Crippen molar-refractivity contribution < 1.29 is 12.6 Å². The summed E-state index contributed by atoms with van der Waals surface area (Å²) in [5, 5.41) is 1.02. The van der Waals surface area contributed by atoms with Gasteiger partial charge in [0.15, 0.2) is 0 Å². The fourth-order valence-corrected chi connectivity index (χ4v) is 5.42. The van der Waals surface area contributed by atoms with Gasteiger partial charge in [-0.1, -0.05) is 35.9 Å². The van der Waals surface area contributed by atoms with Crippen molar-refractivity contribution in [3.8, 4) is 0 Å². The van der Waals surface area contributed by atoms with Gasteiger partial charge in [-0.05, 0) is 55.8 Å². The van der Waals surface area contributed by atoms with Crippen molar-refractivity contribution in [3.05, 3.63) is 84.1 Å². The predicted octanol–water partition coefficient (Wildman–Crippen LogP) is 4.39. The van der Waals surface area contributed by atoms with Crippen molar-refractivity contribution in [1.82, 2.24) is 9.55 Å². The van der Waals surface area contributed by atoms with Crippen LogP contribution in [0.1, 0.15) is 11.1 Å². The molecule has 0 radical (unpaired) electrons. The summed E-state index contributed by atoms with van der Waals surface area (Å²) < 4.78 is 32.2. The molecular formula is C27H30N4O3S. The highest BCUT2D eigenvalue weighted by Gasteiger charge is 2.20. The molecule has 1 aliphatic heterocycles. The van der Waals surface area contributed by atoms with Gasteiger partial charge < -0.3 is 14.4 Å². The Labute approximate surface area is 206 Å². The summed E-state index contributed by atoms with van der Waals surface area (Å²) >= 11 is 0. The van der Waals surface area contributed by atoms with Gasteiger partial charge in [-0.2, -0.15) is 8.42 Å². The molecule has 1 saturated heterocycles. The summed E-state index contributed by atoms with van der Waals surface area (Å²) in [5.41, 5.74) is 4.43. The van der Waals surface area contributed by atoms with E-state index in [1.165, 1.54) is 11.3 Å². The number of para-hydroxylation sites is 1. The maximum Gasteiger partial charge on any atom is 0.297 e. The molecule has 0 spiro atoms. The maximum atomic E-state index is 12.5. The van der Waals surface area contributed by atoms with E-state index >= 15 is 0 Å². The molecular weight excluding hydrogens is 460 g/mol. The zero-order chi connectivity index (χ0) is 24.4. The van der Waals surface area contributed by atoms with Gasteiger partial charge in [-0.15, -0.1) is 0 Å². The van der Waals surface area contributed by atoms with Crippen molar-refractivity contribution in [1.29, 1.82) is 0 Å². The summed E-state index contributed by atoms with van der Waals surface area (Å²) in [6, 6.07) is 21.3. The highest BCUT2D eigenvalue weighted by atomic mass is 32.2. The topological polar surface area (TPSA) is 67.7 Å². The van der Waals surface area contributed by atoms with Gasteiger partial charge in [-0.3, -0.25) is 4.18 Å². The number of piperazine rings is 1. The average molecular weight is 491 g/mol. The molecule has 0 unspecified atom stereocenters. The lowest BCUT2D eigenvalue weighted by Crippen LogP contribution is -2.47. The first-order chi connectivity index (χ1) is 16.9. The van der Waals surface area contributed by atoms with E-state index in [0.717, 1.165) is 48.6 Å². The van der Waals surface area contributed by atoms with Crippen LogP contribution >= 0.6 is 0 Å². The Hall–Kier alpha value is -3.36. The van der Waals surface area contributed by atoms with Crippen LogP contribution in [0.4, 0.5) is 11.5 Å². The quantitative estimate of drug-likeness (QED) is 0.358. The highest BCUT2D eigenvalue weighted by Crippen LogP contribution is 2.24. The molecule has 182 valence electrons. The minimum absolute atomic E-state index is 0.0427. The van der Waals surface area contributed by atoms with E-state index in [4.69, 9.17) is 9.17 Å². The van der Waals surface area contributed by atoms with Gasteiger partial charge in [0.2, 0.25) is 0 Å². The first-order valence-electron chi connectivity index (χ1n) is 11.9. The van der Waals surface area contributed by atoms with E-state index < -0.39 is 10.1 Å². The molecule has 35 heavy (non-hydrogen) atoms. The van der Waals surface area contributed by atoms with Crippen LogP contribution in [0.5, 0.6) is 0 Å². The van der Waals surface area contributed by atoms with Gasteiger partial charge in [0.05, 0.1) is 11.5 Å². The molecule has 0 amide bonds. The van der Waals surface area contributed by atoms with E-state index in [-0.39, 0.29) is 11.5 Å². The Kier molecular flexibility index (Phi) is 6.49. The third-order valence-corrected chi connectivity index (χ3v) is 7.86. The fraction of sp³-hybridized carbons (Fsp3) is 0.296. The maximum absolute atomic E-state index is 12.5. The molecule has 8 heteroatoms. The number of hydrogen-bond acceptors (Lipinski definition) is 6. The van der Waals surface area contributed by atoms with Crippen LogP contribution in [-0.2, 0) is 20.8 Å². The van der Waals surface area contributed by atoms with E-state index in [0.29, 0.717) is 6.54 Å². The number of benzene rings is 2.